The maximum Gasteiger partial charge on any atom is 0.263 e. The number of hydrogen-bond donors (Lipinski definition) is 2. The van der Waals surface area contributed by atoms with Crippen LogP contribution in [0.4, 0.5) is 11.5 Å². The van der Waals surface area contributed by atoms with Crippen molar-refractivity contribution in [2.75, 3.05) is 15.7 Å². The minimum Gasteiger partial charge on any atom is -0.283 e. The van der Waals surface area contributed by atoms with Gasteiger partial charge in [-0.1, -0.05) is 6.07 Å². The number of anilines is 2. The van der Waals surface area contributed by atoms with Crippen LogP contribution in [0, 0.1) is 20.8 Å². The van der Waals surface area contributed by atoms with Gasteiger partial charge in [0, 0.05) is 24.7 Å². The summed E-state index contributed by atoms with van der Waals surface area (Å²) in [5.41, 5.74) is 2.70. The van der Waals surface area contributed by atoms with Crippen LogP contribution in [0.5, 0.6) is 0 Å². The first-order valence-electron chi connectivity index (χ1n) is 9.00. The smallest absolute Gasteiger partial charge is 0.263 e. The lowest BCUT2D eigenvalue weighted by atomic mass is 10.1. The predicted molar refractivity (Wildman–Crippen MR) is 115 cm³/mol. The van der Waals surface area contributed by atoms with E-state index in [1.54, 1.807) is 56.2 Å². The van der Waals surface area contributed by atoms with Crippen molar-refractivity contribution >= 4 is 31.6 Å². The van der Waals surface area contributed by atoms with E-state index in [2.05, 4.69) is 19.5 Å². The predicted octanol–water partition coefficient (Wildman–Crippen LogP) is 2.42. The number of rotatable bonds is 7. The molecule has 0 saturated heterocycles. The van der Waals surface area contributed by atoms with Crippen molar-refractivity contribution in [2.24, 2.45) is 0 Å². The SMILES string of the molecule is Cc1cc(C)c(S(=O)(=O)Nc2ccn(Cc3ccncc3)n2)c(C)c1NS(C)(=O)=O. The largest absolute Gasteiger partial charge is 0.283 e. The van der Waals surface area contributed by atoms with Gasteiger partial charge in [0.15, 0.2) is 5.82 Å². The Hall–Kier alpha value is -2.92. The second-order valence-electron chi connectivity index (χ2n) is 7.07. The van der Waals surface area contributed by atoms with Gasteiger partial charge in [-0.25, -0.2) is 16.8 Å². The minimum atomic E-state index is -4.00. The van der Waals surface area contributed by atoms with E-state index >= 15 is 0 Å². The molecule has 3 aromatic rings. The third-order valence-corrected chi connectivity index (χ3v) is 6.65. The van der Waals surface area contributed by atoms with Crippen molar-refractivity contribution < 1.29 is 16.8 Å². The number of hydrogen-bond acceptors (Lipinski definition) is 6. The van der Waals surface area contributed by atoms with Crippen LogP contribution < -0.4 is 9.44 Å². The van der Waals surface area contributed by atoms with Crippen LogP contribution in [0.2, 0.25) is 0 Å². The van der Waals surface area contributed by atoms with Crippen molar-refractivity contribution in [3.05, 3.63) is 65.1 Å². The molecule has 30 heavy (non-hydrogen) atoms. The molecule has 2 heterocycles. The molecule has 0 spiro atoms. The second-order valence-corrected chi connectivity index (χ2v) is 10.4. The highest BCUT2D eigenvalue weighted by molar-refractivity contribution is 7.93. The Morgan fingerprint density at radius 3 is 2.27 bits per heavy atom. The van der Waals surface area contributed by atoms with E-state index in [0.717, 1.165) is 11.8 Å². The molecule has 0 atom stereocenters. The molecule has 0 aliphatic carbocycles. The molecule has 11 heteroatoms. The molecule has 0 bridgehead atoms. The van der Waals surface area contributed by atoms with Gasteiger partial charge in [-0.3, -0.25) is 19.1 Å². The summed E-state index contributed by atoms with van der Waals surface area (Å²) >= 11 is 0. The zero-order valence-corrected chi connectivity index (χ0v) is 18.7. The zero-order chi connectivity index (χ0) is 22.1. The Labute approximate surface area is 176 Å². The molecule has 9 nitrogen and oxygen atoms in total. The van der Waals surface area contributed by atoms with Crippen molar-refractivity contribution in [1.82, 2.24) is 14.8 Å². The van der Waals surface area contributed by atoms with Gasteiger partial charge in [-0.15, -0.1) is 0 Å². The summed E-state index contributed by atoms with van der Waals surface area (Å²) in [4.78, 5) is 3.98. The molecular weight excluding hydrogens is 426 g/mol. The van der Waals surface area contributed by atoms with Crippen molar-refractivity contribution in [2.45, 2.75) is 32.2 Å². The Morgan fingerprint density at radius 1 is 0.967 bits per heavy atom. The molecule has 2 aromatic heterocycles. The van der Waals surface area contributed by atoms with Gasteiger partial charge in [0.2, 0.25) is 10.0 Å². The van der Waals surface area contributed by atoms with Gasteiger partial charge in [0.05, 0.1) is 23.4 Å². The molecular formula is C19H23N5O4S2. The maximum atomic E-state index is 13.1. The van der Waals surface area contributed by atoms with Crippen LogP contribution in [0.3, 0.4) is 0 Å². The summed E-state index contributed by atoms with van der Waals surface area (Å²) in [7, 11) is -7.57. The Balaban J connectivity index is 1.92. The van der Waals surface area contributed by atoms with E-state index < -0.39 is 20.0 Å². The number of sulfonamides is 2. The summed E-state index contributed by atoms with van der Waals surface area (Å²) in [5.74, 6) is 0.168. The molecule has 160 valence electrons. The molecule has 1 aromatic carbocycles. The van der Waals surface area contributed by atoms with E-state index in [1.807, 2.05) is 12.1 Å². The first kappa shape index (κ1) is 21.8. The molecule has 0 aliphatic heterocycles. The third kappa shape index (κ3) is 4.97. The number of aromatic nitrogens is 3. The number of pyridine rings is 1. The first-order chi connectivity index (χ1) is 14.0. The lowest BCUT2D eigenvalue weighted by molar-refractivity contribution is 0.598. The standard InChI is InChI=1S/C19H23N5O4S2/c1-13-11-14(2)19(15(3)18(13)23-29(4,25)26)30(27,28)22-17-7-10-24(21-17)12-16-5-8-20-9-6-16/h5-11,23H,12H2,1-4H3,(H,21,22). The normalized spacial score (nSPS) is 12.0. The van der Waals surface area contributed by atoms with Crippen LogP contribution in [0.1, 0.15) is 22.3 Å². The van der Waals surface area contributed by atoms with Gasteiger partial charge >= 0.3 is 0 Å². The molecule has 0 radical (unpaired) electrons. The fraction of sp³-hybridized carbons (Fsp3) is 0.263. The van der Waals surface area contributed by atoms with Gasteiger partial charge in [0.25, 0.3) is 10.0 Å². The highest BCUT2D eigenvalue weighted by atomic mass is 32.2. The van der Waals surface area contributed by atoms with Gasteiger partial charge in [0.1, 0.15) is 0 Å². The summed E-state index contributed by atoms with van der Waals surface area (Å²) in [6, 6.07) is 6.89. The van der Waals surface area contributed by atoms with E-state index in [1.165, 1.54) is 0 Å². The zero-order valence-electron chi connectivity index (χ0n) is 17.0. The van der Waals surface area contributed by atoms with E-state index in [4.69, 9.17) is 0 Å². The topological polar surface area (TPSA) is 123 Å². The van der Waals surface area contributed by atoms with E-state index in [0.29, 0.717) is 23.2 Å². The minimum absolute atomic E-state index is 0.0166. The molecule has 0 amide bonds. The number of nitrogens with zero attached hydrogens (tertiary/aromatic N) is 3. The monoisotopic (exact) mass is 449 g/mol. The summed E-state index contributed by atoms with van der Waals surface area (Å²) < 4.78 is 56.1. The lowest BCUT2D eigenvalue weighted by Crippen LogP contribution is -2.19. The number of benzene rings is 1. The summed E-state index contributed by atoms with van der Waals surface area (Å²) in [6.07, 6.45) is 6.04. The molecule has 2 N–H and O–H groups in total. The second kappa shape index (κ2) is 8.07. The molecule has 0 unspecified atom stereocenters. The fourth-order valence-corrected chi connectivity index (χ4v) is 5.45. The van der Waals surface area contributed by atoms with Gasteiger partial charge in [-0.05, 0) is 55.2 Å². The lowest BCUT2D eigenvalue weighted by Gasteiger charge is -2.18. The van der Waals surface area contributed by atoms with E-state index in [-0.39, 0.29) is 16.4 Å². The van der Waals surface area contributed by atoms with Crippen LogP contribution >= 0.6 is 0 Å². The van der Waals surface area contributed by atoms with Gasteiger partial charge in [-0.2, -0.15) is 5.10 Å². The van der Waals surface area contributed by atoms with E-state index in [9.17, 15) is 16.8 Å². The van der Waals surface area contributed by atoms with Crippen molar-refractivity contribution in [1.29, 1.82) is 0 Å². The Kier molecular flexibility index (Phi) is 5.86. The molecule has 0 aliphatic rings. The molecule has 0 fully saturated rings. The van der Waals surface area contributed by atoms with Gasteiger partial charge < -0.3 is 0 Å². The quantitative estimate of drug-likeness (QED) is 0.571. The number of aryl methyl sites for hydroxylation is 2. The Bertz CT molecular complexity index is 1280. The Morgan fingerprint density at radius 2 is 1.63 bits per heavy atom. The van der Waals surface area contributed by atoms with Crippen LogP contribution in [0.15, 0.2) is 47.8 Å². The summed E-state index contributed by atoms with van der Waals surface area (Å²) in [6.45, 7) is 5.43. The molecule has 0 saturated carbocycles. The van der Waals surface area contributed by atoms with Crippen molar-refractivity contribution in [3.63, 3.8) is 0 Å². The number of nitrogens with one attached hydrogen (secondary N) is 2. The first-order valence-corrected chi connectivity index (χ1v) is 12.4. The third-order valence-electron chi connectivity index (χ3n) is 4.43. The highest BCUT2D eigenvalue weighted by Crippen LogP contribution is 2.31. The maximum absolute atomic E-state index is 13.1. The highest BCUT2D eigenvalue weighted by Gasteiger charge is 2.24. The van der Waals surface area contributed by atoms with Crippen LogP contribution in [-0.2, 0) is 26.6 Å². The average Bonchev–Trinajstić information content (AvgIpc) is 3.04. The van der Waals surface area contributed by atoms with Crippen LogP contribution in [0.25, 0.3) is 0 Å². The fourth-order valence-electron chi connectivity index (χ4n) is 3.29. The molecule has 3 rings (SSSR count). The van der Waals surface area contributed by atoms with Crippen molar-refractivity contribution in [3.8, 4) is 0 Å². The average molecular weight is 450 g/mol. The van der Waals surface area contributed by atoms with Crippen LogP contribution in [-0.4, -0.2) is 37.9 Å². The summed E-state index contributed by atoms with van der Waals surface area (Å²) in [5, 5.41) is 4.27.